The maximum absolute atomic E-state index is 10.4. The molecule has 0 spiro atoms. The number of aromatic nitrogens is 4. The summed E-state index contributed by atoms with van der Waals surface area (Å²) in [5.41, 5.74) is 6.78. The van der Waals surface area contributed by atoms with E-state index in [2.05, 4.69) is 15.0 Å². The van der Waals surface area contributed by atoms with Gasteiger partial charge in [0, 0.05) is 12.0 Å². The second-order valence-corrected chi connectivity index (χ2v) is 7.27. The first-order chi connectivity index (χ1) is 13.5. The number of imidazole rings is 1. The highest BCUT2D eigenvalue weighted by Crippen LogP contribution is 2.39. The largest absolute Gasteiger partial charge is 0.508 e. The number of benzene rings is 1. The van der Waals surface area contributed by atoms with Crippen molar-refractivity contribution in [2.24, 2.45) is 0 Å². The van der Waals surface area contributed by atoms with Crippen molar-refractivity contribution in [2.75, 3.05) is 19.5 Å². The molecule has 4 atom stereocenters. The molecule has 4 rings (SSSR count). The van der Waals surface area contributed by atoms with E-state index in [0.29, 0.717) is 16.3 Å². The van der Waals surface area contributed by atoms with Crippen LogP contribution in [0.25, 0.3) is 11.2 Å². The first kappa shape index (κ1) is 18.9. The second-order valence-electron chi connectivity index (χ2n) is 6.23. The Balaban J connectivity index is 1.83. The summed E-state index contributed by atoms with van der Waals surface area (Å²) in [5, 5.41) is 29.9. The van der Waals surface area contributed by atoms with Crippen LogP contribution in [0.1, 0.15) is 6.23 Å². The third-order valence-electron chi connectivity index (χ3n) is 4.54. The zero-order chi connectivity index (χ0) is 19.8. The van der Waals surface area contributed by atoms with Gasteiger partial charge in [-0.15, -0.1) is 0 Å². The normalized spacial score (nSPS) is 24.8. The van der Waals surface area contributed by atoms with Crippen LogP contribution in [0.5, 0.6) is 5.75 Å². The predicted molar refractivity (Wildman–Crippen MR) is 99.8 cm³/mol. The second kappa shape index (κ2) is 7.53. The smallest absolute Gasteiger partial charge is 0.177 e. The summed E-state index contributed by atoms with van der Waals surface area (Å²) in [6, 6.07) is 6.62. The third-order valence-corrected chi connectivity index (χ3v) is 5.52. The summed E-state index contributed by atoms with van der Waals surface area (Å²) in [6.45, 7) is -0.359. The number of anilines is 1. The number of ether oxygens (including phenoxy) is 2. The Labute approximate surface area is 164 Å². The fourth-order valence-corrected chi connectivity index (χ4v) is 4.07. The van der Waals surface area contributed by atoms with E-state index in [4.69, 9.17) is 15.2 Å². The molecule has 0 saturated carbocycles. The van der Waals surface area contributed by atoms with Crippen LogP contribution in [-0.2, 0) is 9.47 Å². The molecular formula is C17H19N5O5S. The van der Waals surface area contributed by atoms with E-state index in [1.807, 2.05) is 0 Å². The van der Waals surface area contributed by atoms with Crippen LogP contribution in [0.3, 0.4) is 0 Å². The molecule has 1 aromatic carbocycles. The minimum atomic E-state index is -1.02. The summed E-state index contributed by atoms with van der Waals surface area (Å²) in [4.78, 5) is 13.6. The number of nitrogen functional groups attached to an aromatic ring is 1. The van der Waals surface area contributed by atoms with E-state index in [0.717, 1.165) is 4.90 Å². The summed E-state index contributed by atoms with van der Waals surface area (Å²) in [6.07, 6.45) is -2.04. The number of phenolic OH excluding ortho intramolecular Hbond substituents is 1. The van der Waals surface area contributed by atoms with E-state index in [1.54, 1.807) is 28.8 Å². The summed E-state index contributed by atoms with van der Waals surface area (Å²) >= 11 is 1.30. The molecule has 0 amide bonds. The SMILES string of the molecule is CO[C@@H]1[C@H](O)[C@@H](CO)O[C@H]1n1c(Sc2ccc(O)cc2)nc2c(N)ncnc21. The molecule has 1 fully saturated rings. The number of aromatic hydroxyl groups is 1. The topological polar surface area (TPSA) is 149 Å². The molecule has 1 saturated heterocycles. The number of nitrogens with zero attached hydrogens (tertiary/aromatic N) is 4. The Kier molecular flexibility index (Phi) is 5.08. The van der Waals surface area contributed by atoms with E-state index in [-0.39, 0.29) is 18.2 Å². The van der Waals surface area contributed by atoms with Crippen molar-refractivity contribution in [1.29, 1.82) is 0 Å². The number of aliphatic hydroxyl groups excluding tert-OH is 2. The Morgan fingerprint density at radius 2 is 2.04 bits per heavy atom. The third kappa shape index (κ3) is 3.16. The Morgan fingerprint density at radius 1 is 1.29 bits per heavy atom. The fourth-order valence-electron chi connectivity index (χ4n) is 3.16. The number of phenols is 1. The van der Waals surface area contributed by atoms with E-state index < -0.39 is 24.5 Å². The number of hydrogen-bond donors (Lipinski definition) is 4. The van der Waals surface area contributed by atoms with Crippen molar-refractivity contribution in [2.45, 2.75) is 34.6 Å². The number of methoxy groups -OCH3 is 1. The van der Waals surface area contributed by atoms with Gasteiger partial charge in [0.2, 0.25) is 0 Å². The van der Waals surface area contributed by atoms with E-state index in [1.165, 1.54) is 25.2 Å². The average Bonchev–Trinajstić information content (AvgIpc) is 3.21. The van der Waals surface area contributed by atoms with Gasteiger partial charge in [0.1, 0.15) is 30.4 Å². The monoisotopic (exact) mass is 405 g/mol. The molecule has 1 aliphatic rings. The average molecular weight is 405 g/mol. The number of hydrogen-bond acceptors (Lipinski definition) is 10. The van der Waals surface area contributed by atoms with Gasteiger partial charge in [-0.05, 0) is 24.3 Å². The Hall–Kier alpha value is -2.44. The Morgan fingerprint density at radius 3 is 2.71 bits per heavy atom. The lowest BCUT2D eigenvalue weighted by atomic mass is 10.1. The quantitative estimate of drug-likeness (QED) is 0.473. The fraction of sp³-hybridized carbons (Fsp3) is 0.353. The Bertz CT molecular complexity index is 982. The van der Waals surface area contributed by atoms with E-state index in [9.17, 15) is 15.3 Å². The highest BCUT2D eigenvalue weighted by atomic mass is 32.2. The lowest BCUT2D eigenvalue weighted by Gasteiger charge is -2.21. The van der Waals surface area contributed by atoms with Crippen LogP contribution >= 0.6 is 11.8 Å². The molecular weight excluding hydrogens is 386 g/mol. The number of fused-ring (bicyclic) bond motifs is 1. The summed E-state index contributed by atoms with van der Waals surface area (Å²) < 4.78 is 13.0. The van der Waals surface area contributed by atoms with Crippen LogP contribution in [0.2, 0.25) is 0 Å². The molecule has 3 aromatic rings. The van der Waals surface area contributed by atoms with Crippen LogP contribution in [0.4, 0.5) is 5.82 Å². The van der Waals surface area contributed by atoms with Crippen LogP contribution in [-0.4, -0.2) is 66.9 Å². The minimum Gasteiger partial charge on any atom is -0.508 e. The van der Waals surface area contributed by atoms with E-state index >= 15 is 0 Å². The van der Waals surface area contributed by atoms with Gasteiger partial charge in [-0.3, -0.25) is 4.57 Å². The number of rotatable bonds is 5. The molecule has 2 aromatic heterocycles. The maximum Gasteiger partial charge on any atom is 0.177 e. The summed E-state index contributed by atoms with van der Waals surface area (Å²) in [5.74, 6) is 0.364. The van der Waals surface area contributed by atoms with Crippen molar-refractivity contribution in [3.8, 4) is 5.75 Å². The molecule has 0 radical (unpaired) electrons. The van der Waals surface area contributed by atoms with Crippen molar-refractivity contribution >= 4 is 28.7 Å². The van der Waals surface area contributed by atoms with Gasteiger partial charge < -0.3 is 30.5 Å². The van der Waals surface area contributed by atoms with Crippen LogP contribution in [0.15, 0.2) is 40.6 Å². The highest BCUT2D eigenvalue weighted by Gasteiger charge is 2.46. The van der Waals surface area contributed by atoms with Gasteiger partial charge in [-0.1, -0.05) is 11.8 Å². The summed E-state index contributed by atoms with van der Waals surface area (Å²) in [7, 11) is 1.46. The molecule has 5 N–H and O–H groups in total. The minimum absolute atomic E-state index is 0.153. The standard InChI is InChI=1S/C17H19N5O5S/c1-26-13-12(25)10(6-23)27-16(13)22-15-11(14(18)19-7-20-15)21-17(22)28-9-4-2-8(24)3-5-9/h2-5,7,10,12-13,16,23-25H,6H2,1H3,(H2,18,19,20)/t10-,12-,13-,16-/m1/s1. The molecule has 0 bridgehead atoms. The maximum atomic E-state index is 10.4. The van der Waals surface area contributed by atoms with Crippen molar-refractivity contribution < 1.29 is 24.8 Å². The number of nitrogens with two attached hydrogens (primary N) is 1. The molecule has 0 aliphatic carbocycles. The molecule has 28 heavy (non-hydrogen) atoms. The lowest BCUT2D eigenvalue weighted by Crippen LogP contribution is -2.34. The van der Waals surface area contributed by atoms with Crippen molar-refractivity contribution in [3.05, 3.63) is 30.6 Å². The van der Waals surface area contributed by atoms with Gasteiger partial charge in [-0.25, -0.2) is 15.0 Å². The first-order valence-electron chi connectivity index (χ1n) is 8.46. The molecule has 0 unspecified atom stereocenters. The molecule has 10 nitrogen and oxygen atoms in total. The van der Waals surface area contributed by atoms with Gasteiger partial charge in [0.25, 0.3) is 0 Å². The molecule has 148 valence electrons. The van der Waals surface area contributed by atoms with Gasteiger partial charge in [-0.2, -0.15) is 0 Å². The zero-order valence-corrected chi connectivity index (χ0v) is 15.7. The van der Waals surface area contributed by atoms with Gasteiger partial charge in [0.05, 0.1) is 6.61 Å². The molecule has 11 heteroatoms. The van der Waals surface area contributed by atoms with Crippen LogP contribution in [0, 0.1) is 0 Å². The van der Waals surface area contributed by atoms with Crippen molar-refractivity contribution in [1.82, 2.24) is 19.5 Å². The number of aliphatic hydroxyl groups is 2. The van der Waals surface area contributed by atoms with Crippen LogP contribution < -0.4 is 5.73 Å². The van der Waals surface area contributed by atoms with Gasteiger partial charge >= 0.3 is 0 Å². The predicted octanol–water partition coefficient (Wildman–Crippen LogP) is 0.531. The molecule has 1 aliphatic heterocycles. The van der Waals surface area contributed by atoms with Crippen molar-refractivity contribution in [3.63, 3.8) is 0 Å². The highest BCUT2D eigenvalue weighted by molar-refractivity contribution is 7.99. The van der Waals surface area contributed by atoms with Gasteiger partial charge in [0.15, 0.2) is 28.4 Å². The first-order valence-corrected chi connectivity index (χ1v) is 9.27. The molecule has 3 heterocycles. The zero-order valence-electron chi connectivity index (χ0n) is 14.8. The lowest BCUT2D eigenvalue weighted by molar-refractivity contribution is -0.0623.